The third-order valence-electron chi connectivity index (χ3n) is 7.51. The van der Waals surface area contributed by atoms with Gasteiger partial charge < -0.3 is 15.0 Å². The molecule has 2 aromatic carbocycles. The van der Waals surface area contributed by atoms with E-state index in [9.17, 15) is 9.90 Å². The number of rotatable bonds is 1. The van der Waals surface area contributed by atoms with Gasteiger partial charge in [-0.25, -0.2) is 4.98 Å². The lowest BCUT2D eigenvalue weighted by atomic mass is 9.51. The largest absolute Gasteiger partial charge is 0.508 e. The number of hydrogen-bond donors (Lipinski definition) is 2. The van der Waals surface area contributed by atoms with Crippen molar-refractivity contribution in [1.29, 1.82) is 0 Å². The predicted molar refractivity (Wildman–Crippen MR) is 108 cm³/mol. The van der Waals surface area contributed by atoms with Crippen molar-refractivity contribution < 1.29 is 9.90 Å². The quantitative estimate of drug-likeness (QED) is 0.675. The van der Waals surface area contributed by atoms with Gasteiger partial charge in [-0.05, 0) is 59.7 Å². The molecule has 0 saturated carbocycles. The second-order valence-corrected chi connectivity index (χ2v) is 9.00. The highest BCUT2D eigenvalue weighted by Gasteiger charge is 2.56. The number of likely N-dealkylation sites (tertiary alicyclic amines) is 1. The summed E-state index contributed by atoms with van der Waals surface area (Å²) in [6.45, 7) is 7.62. The molecule has 0 radical (unpaired) electrons. The summed E-state index contributed by atoms with van der Waals surface area (Å²) in [7, 11) is 0. The Labute approximate surface area is 164 Å². The predicted octanol–water partition coefficient (Wildman–Crippen LogP) is 4.02. The van der Waals surface area contributed by atoms with Gasteiger partial charge in [-0.1, -0.05) is 26.8 Å². The first kappa shape index (κ1) is 17.3. The number of fused-ring (bicyclic) bond motifs is 5. The molecule has 1 amide bonds. The number of aromatic hydroxyl groups is 1. The van der Waals surface area contributed by atoms with Crippen molar-refractivity contribution in [3.8, 4) is 5.75 Å². The average molecular weight is 375 g/mol. The van der Waals surface area contributed by atoms with Crippen LogP contribution < -0.4 is 0 Å². The lowest BCUT2D eigenvalue weighted by molar-refractivity contribution is -0.0262. The highest BCUT2D eigenvalue weighted by Crippen LogP contribution is 2.56. The minimum absolute atomic E-state index is 0.0247. The molecule has 0 spiro atoms. The molecule has 28 heavy (non-hydrogen) atoms. The first-order valence-electron chi connectivity index (χ1n) is 9.88. The minimum atomic E-state index is -0.0665. The van der Waals surface area contributed by atoms with Gasteiger partial charge in [-0.2, -0.15) is 0 Å². The van der Waals surface area contributed by atoms with Crippen LogP contribution in [-0.2, 0) is 11.8 Å². The second kappa shape index (κ2) is 5.60. The van der Waals surface area contributed by atoms with Gasteiger partial charge in [0.25, 0.3) is 5.91 Å². The van der Waals surface area contributed by atoms with E-state index >= 15 is 0 Å². The van der Waals surface area contributed by atoms with Gasteiger partial charge in [0.2, 0.25) is 0 Å². The van der Waals surface area contributed by atoms with Crippen LogP contribution in [0.3, 0.4) is 0 Å². The number of H-pyrrole nitrogens is 1. The number of amides is 1. The Hall–Kier alpha value is -2.82. The lowest BCUT2D eigenvalue weighted by Gasteiger charge is -2.60. The lowest BCUT2D eigenvalue weighted by Crippen LogP contribution is -2.64. The molecule has 2 atom stereocenters. The molecular weight excluding hydrogens is 350 g/mol. The Balaban J connectivity index is 1.57. The molecule has 2 heterocycles. The van der Waals surface area contributed by atoms with Crippen LogP contribution in [0.1, 0.15) is 48.7 Å². The monoisotopic (exact) mass is 375 g/mol. The van der Waals surface area contributed by atoms with Gasteiger partial charge in [0.1, 0.15) is 5.75 Å². The van der Waals surface area contributed by atoms with E-state index in [-0.39, 0.29) is 22.8 Å². The maximum absolute atomic E-state index is 13.5. The van der Waals surface area contributed by atoms with E-state index in [1.54, 1.807) is 12.4 Å². The van der Waals surface area contributed by atoms with Crippen molar-refractivity contribution >= 4 is 16.9 Å². The fraction of sp³-hybridized carbons (Fsp3) is 0.391. The van der Waals surface area contributed by atoms with E-state index in [1.807, 2.05) is 29.2 Å². The first-order valence-corrected chi connectivity index (χ1v) is 9.88. The second-order valence-electron chi connectivity index (χ2n) is 9.00. The van der Waals surface area contributed by atoms with Crippen molar-refractivity contribution in [3.63, 3.8) is 0 Å². The summed E-state index contributed by atoms with van der Waals surface area (Å²) in [6.07, 6.45) is 3.33. The molecule has 2 bridgehead atoms. The number of nitrogens with one attached hydrogen (secondary N) is 1. The molecule has 5 heteroatoms. The topological polar surface area (TPSA) is 69.2 Å². The van der Waals surface area contributed by atoms with E-state index in [2.05, 4.69) is 36.8 Å². The van der Waals surface area contributed by atoms with Gasteiger partial charge in [0, 0.05) is 23.6 Å². The number of phenolic OH excluding ortho intramolecular Hbond substituents is 1. The van der Waals surface area contributed by atoms with Gasteiger partial charge in [0.15, 0.2) is 0 Å². The third-order valence-corrected chi connectivity index (χ3v) is 7.51. The molecule has 5 nitrogen and oxygen atoms in total. The summed E-state index contributed by atoms with van der Waals surface area (Å²) < 4.78 is 0. The molecule has 1 aliphatic heterocycles. The van der Waals surface area contributed by atoms with Crippen molar-refractivity contribution in [1.82, 2.24) is 14.9 Å². The number of phenols is 1. The van der Waals surface area contributed by atoms with E-state index in [4.69, 9.17) is 0 Å². The van der Waals surface area contributed by atoms with Crippen LogP contribution in [0.15, 0.2) is 42.7 Å². The molecule has 2 aliphatic rings. The van der Waals surface area contributed by atoms with Gasteiger partial charge >= 0.3 is 0 Å². The number of piperidine rings is 1. The Morgan fingerprint density at radius 2 is 2.04 bits per heavy atom. The van der Waals surface area contributed by atoms with Crippen molar-refractivity contribution in [2.45, 2.75) is 45.1 Å². The average Bonchev–Trinajstić information content (AvgIpc) is 3.12. The standard InChI is InChI=1S/C23H25N3O2/c1-22(2)20-12-15-10-16(27)5-6-17(15)23(22,3)8-9-26(20)21(28)14-4-7-18-19(11-14)25-13-24-18/h4-7,10-11,13,20,27H,8-9,12H2,1-3H3,(H,24,25). The third kappa shape index (κ3) is 2.19. The summed E-state index contributed by atoms with van der Waals surface area (Å²) in [5.41, 5.74) is 4.83. The van der Waals surface area contributed by atoms with E-state index in [0.717, 1.165) is 36.0 Å². The summed E-state index contributed by atoms with van der Waals surface area (Å²) in [5, 5.41) is 10.0. The van der Waals surface area contributed by atoms with E-state index in [0.29, 0.717) is 11.3 Å². The smallest absolute Gasteiger partial charge is 0.254 e. The molecule has 1 aliphatic carbocycles. The Kier molecular flexibility index (Phi) is 3.46. The zero-order valence-corrected chi connectivity index (χ0v) is 16.5. The Bertz CT molecular complexity index is 1100. The van der Waals surface area contributed by atoms with Crippen LogP contribution >= 0.6 is 0 Å². The number of aromatic nitrogens is 2. The Morgan fingerprint density at radius 1 is 1.21 bits per heavy atom. The summed E-state index contributed by atoms with van der Waals surface area (Å²) in [4.78, 5) is 22.9. The molecule has 2 N–H and O–H groups in total. The molecule has 3 aromatic rings. The van der Waals surface area contributed by atoms with Crippen molar-refractivity contribution in [2.24, 2.45) is 5.41 Å². The number of benzene rings is 2. The fourth-order valence-corrected chi connectivity index (χ4v) is 5.40. The molecule has 1 aromatic heterocycles. The summed E-state index contributed by atoms with van der Waals surface area (Å²) in [6, 6.07) is 11.5. The molecular formula is C23H25N3O2. The van der Waals surface area contributed by atoms with Crippen LogP contribution in [0.5, 0.6) is 5.75 Å². The van der Waals surface area contributed by atoms with E-state index in [1.165, 1.54) is 5.56 Å². The van der Waals surface area contributed by atoms with Crippen LogP contribution in [0.4, 0.5) is 0 Å². The summed E-state index contributed by atoms with van der Waals surface area (Å²) in [5.74, 6) is 0.364. The number of imidazole rings is 1. The number of hydrogen-bond acceptors (Lipinski definition) is 3. The Morgan fingerprint density at radius 3 is 2.86 bits per heavy atom. The molecule has 2 unspecified atom stereocenters. The number of carbonyl (C=O) groups is 1. The van der Waals surface area contributed by atoms with Gasteiger partial charge in [0.05, 0.1) is 17.4 Å². The molecule has 1 fully saturated rings. The maximum atomic E-state index is 13.5. The normalized spacial score (nSPS) is 25.5. The van der Waals surface area contributed by atoms with Crippen LogP contribution in [-0.4, -0.2) is 38.5 Å². The maximum Gasteiger partial charge on any atom is 0.254 e. The summed E-state index contributed by atoms with van der Waals surface area (Å²) >= 11 is 0. The number of carbonyl (C=O) groups excluding carboxylic acids is 1. The zero-order valence-electron chi connectivity index (χ0n) is 16.5. The highest BCUT2D eigenvalue weighted by atomic mass is 16.3. The van der Waals surface area contributed by atoms with Crippen LogP contribution in [0.25, 0.3) is 11.0 Å². The molecule has 1 saturated heterocycles. The van der Waals surface area contributed by atoms with Crippen LogP contribution in [0, 0.1) is 5.41 Å². The minimum Gasteiger partial charge on any atom is -0.508 e. The number of nitrogens with zero attached hydrogens (tertiary/aromatic N) is 2. The van der Waals surface area contributed by atoms with E-state index < -0.39 is 0 Å². The highest BCUT2D eigenvalue weighted by molar-refractivity contribution is 5.97. The van der Waals surface area contributed by atoms with Gasteiger partial charge in [-0.15, -0.1) is 0 Å². The zero-order chi connectivity index (χ0) is 19.7. The number of aromatic amines is 1. The first-order chi connectivity index (χ1) is 13.3. The fourth-order valence-electron chi connectivity index (χ4n) is 5.40. The molecule has 144 valence electrons. The van der Waals surface area contributed by atoms with Crippen molar-refractivity contribution in [3.05, 3.63) is 59.4 Å². The molecule has 5 rings (SSSR count). The van der Waals surface area contributed by atoms with Crippen LogP contribution in [0.2, 0.25) is 0 Å². The SMILES string of the molecule is CC12CCN(C(=O)c3ccc4nc[nH]c4c3)C(Cc3cc(O)ccc31)C2(C)C. The van der Waals surface area contributed by atoms with Crippen molar-refractivity contribution in [2.75, 3.05) is 6.54 Å². The van der Waals surface area contributed by atoms with Gasteiger partial charge in [-0.3, -0.25) is 4.79 Å².